The first kappa shape index (κ1) is 11.7. The highest BCUT2D eigenvalue weighted by molar-refractivity contribution is 9.10. The van der Waals surface area contributed by atoms with Crippen LogP contribution in [0.25, 0.3) is 0 Å². The zero-order chi connectivity index (χ0) is 12.1. The highest BCUT2D eigenvalue weighted by atomic mass is 79.9. The molecule has 0 saturated heterocycles. The van der Waals surface area contributed by atoms with E-state index in [0.717, 1.165) is 10.0 Å². The molecule has 1 aromatic heterocycles. The molecule has 0 aliphatic carbocycles. The van der Waals surface area contributed by atoms with Crippen molar-refractivity contribution in [2.45, 2.75) is 0 Å². The number of hydrogen-bond donors (Lipinski definition) is 1. The van der Waals surface area contributed by atoms with E-state index in [2.05, 4.69) is 36.4 Å². The van der Waals surface area contributed by atoms with Crippen LogP contribution >= 0.6 is 15.9 Å². The van der Waals surface area contributed by atoms with Crippen molar-refractivity contribution in [3.05, 3.63) is 52.5 Å². The van der Waals surface area contributed by atoms with E-state index in [1.807, 2.05) is 0 Å². The number of nitrogens with one attached hydrogen (secondary N) is 1. The maximum atomic E-state index is 12.6. The van der Waals surface area contributed by atoms with E-state index in [1.165, 1.54) is 12.1 Å². The Balaban J connectivity index is 1.97. The molecular weight excluding hydrogens is 287 g/mol. The van der Waals surface area contributed by atoms with Crippen molar-refractivity contribution in [2.24, 2.45) is 5.10 Å². The summed E-state index contributed by atoms with van der Waals surface area (Å²) in [5.41, 5.74) is 3.46. The standard InChI is InChI=1S/C11H8BrFN4/c12-9-6-14-11(15-7-9)17-16-5-8-1-3-10(13)4-2-8/h1-7H,(H,14,15,17)/b16-5-. The van der Waals surface area contributed by atoms with Crippen LogP contribution in [-0.2, 0) is 0 Å². The van der Waals surface area contributed by atoms with E-state index in [0.29, 0.717) is 5.95 Å². The summed E-state index contributed by atoms with van der Waals surface area (Å²) < 4.78 is 13.4. The van der Waals surface area contributed by atoms with Gasteiger partial charge in [0.2, 0.25) is 5.95 Å². The number of rotatable bonds is 3. The molecule has 2 rings (SSSR count). The minimum absolute atomic E-state index is 0.272. The third-order valence-corrected chi connectivity index (χ3v) is 2.28. The Labute approximate surface area is 106 Å². The quantitative estimate of drug-likeness (QED) is 0.699. The summed E-state index contributed by atoms with van der Waals surface area (Å²) in [6.45, 7) is 0. The Morgan fingerprint density at radius 3 is 2.47 bits per heavy atom. The van der Waals surface area contributed by atoms with Crippen LogP contribution < -0.4 is 5.43 Å². The lowest BCUT2D eigenvalue weighted by Gasteiger charge is -1.97. The number of nitrogens with zero attached hydrogens (tertiary/aromatic N) is 3. The topological polar surface area (TPSA) is 50.2 Å². The van der Waals surface area contributed by atoms with Crippen molar-refractivity contribution in [1.82, 2.24) is 9.97 Å². The summed E-state index contributed by atoms with van der Waals surface area (Å²) in [5, 5.41) is 3.93. The fraction of sp³-hybridized carbons (Fsp3) is 0. The van der Waals surface area contributed by atoms with Gasteiger partial charge >= 0.3 is 0 Å². The molecule has 1 heterocycles. The molecule has 0 fully saturated rings. The number of benzene rings is 1. The van der Waals surface area contributed by atoms with Gasteiger partial charge in [0.25, 0.3) is 0 Å². The van der Waals surface area contributed by atoms with Crippen molar-refractivity contribution in [3.8, 4) is 0 Å². The molecule has 0 unspecified atom stereocenters. The van der Waals surface area contributed by atoms with Crippen LogP contribution in [0.1, 0.15) is 5.56 Å². The van der Waals surface area contributed by atoms with Crippen molar-refractivity contribution < 1.29 is 4.39 Å². The molecule has 0 bridgehead atoms. The van der Waals surface area contributed by atoms with Gasteiger partial charge in [-0.1, -0.05) is 12.1 Å². The third kappa shape index (κ3) is 3.60. The second kappa shape index (κ2) is 5.49. The van der Waals surface area contributed by atoms with Gasteiger partial charge in [0.15, 0.2) is 0 Å². The van der Waals surface area contributed by atoms with Crippen molar-refractivity contribution in [2.75, 3.05) is 5.43 Å². The van der Waals surface area contributed by atoms with Gasteiger partial charge in [-0.15, -0.1) is 0 Å². The Morgan fingerprint density at radius 1 is 1.18 bits per heavy atom. The van der Waals surface area contributed by atoms with Gasteiger partial charge in [0.05, 0.1) is 10.7 Å². The van der Waals surface area contributed by atoms with Gasteiger partial charge in [0, 0.05) is 12.4 Å². The van der Waals surface area contributed by atoms with E-state index in [-0.39, 0.29) is 5.82 Å². The van der Waals surface area contributed by atoms with E-state index in [1.54, 1.807) is 30.7 Å². The van der Waals surface area contributed by atoms with Crippen molar-refractivity contribution >= 4 is 28.1 Å². The minimum atomic E-state index is -0.272. The van der Waals surface area contributed by atoms with Crippen LogP contribution in [0.5, 0.6) is 0 Å². The summed E-state index contributed by atoms with van der Waals surface area (Å²) in [6, 6.07) is 6.00. The van der Waals surface area contributed by atoms with Gasteiger partial charge in [0.1, 0.15) is 5.82 Å². The van der Waals surface area contributed by atoms with Crippen LogP contribution in [-0.4, -0.2) is 16.2 Å². The highest BCUT2D eigenvalue weighted by Gasteiger charge is 1.93. The molecule has 0 amide bonds. The normalized spacial score (nSPS) is 10.7. The van der Waals surface area contributed by atoms with Gasteiger partial charge in [-0.05, 0) is 33.6 Å². The monoisotopic (exact) mass is 294 g/mol. The lowest BCUT2D eigenvalue weighted by molar-refractivity contribution is 0.628. The fourth-order valence-electron chi connectivity index (χ4n) is 1.08. The molecule has 4 nitrogen and oxygen atoms in total. The number of hydrazone groups is 1. The van der Waals surface area contributed by atoms with Crippen LogP contribution in [0.15, 0.2) is 46.2 Å². The number of halogens is 2. The van der Waals surface area contributed by atoms with Gasteiger partial charge in [-0.25, -0.2) is 19.8 Å². The summed E-state index contributed by atoms with van der Waals surface area (Å²) >= 11 is 3.23. The summed E-state index contributed by atoms with van der Waals surface area (Å²) in [4.78, 5) is 7.96. The molecule has 0 saturated carbocycles. The second-order valence-electron chi connectivity index (χ2n) is 3.15. The Kier molecular flexibility index (Phi) is 3.77. The minimum Gasteiger partial charge on any atom is -0.245 e. The summed E-state index contributed by atoms with van der Waals surface area (Å²) in [5.74, 6) is 0.123. The molecule has 6 heteroatoms. The fourth-order valence-corrected chi connectivity index (χ4v) is 1.29. The largest absolute Gasteiger partial charge is 0.245 e. The maximum absolute atomic E-state index is 12.6. The molecule has 1 aromatic carbocycles. The molecule has 0 spiro atoms. The molecule has 0 aliphatic heterocycles. The zero-order valence-electron chi connectivity index (χ0n) is 8.64. The number of anilines is 1. The first-order valence-corrected chi connectivity index (χ1v) is 5.55. The van der Waals surface area contributed by atoms with E-state index in [4.69, 9.17) is 0 Å². The molecule has 86 valence electrons. The van der Waals surface area contributed by atoms with E-state index >= 15 is 0 Å². The van der Waals surface area contributed by atoms with Gasteiger partial charge < -0.3 is 0 Å². The van der Waals surface area contributed by atoms with Gasteiger partial charge in [-0.2, -0.15) is 5.10 Å². The molecule has 0 aliphatic rings. The second-order valence-corrected chi connectivity index (χ2v) is 4.06. The Hall–Kier alpha value is -1.82. The van der Waals surface area contributed by atoms with E-state index < -0.39 is 0 Å². The molecule has 0 radical (unpaired) electrons. The predicted molar refractivity (Wildman–Crippen MR) is 67.3 cm³/mol. The highest BCUT2D eigenvalue weighted by Crippen LogP contribution is 2.06. The molecule has 0 atom stereocenters. The zero-order valence-corrected chi connectivity index (χ0v) is 10.2. The number of aromatic nitrogens is 2. The predicted octanol–water partition coefficient (Wildman–Crippen LogP) is 2.82. The smallest absolute Gasteiger partial charge is 0.243 e. The Bertz CT molecular complexity index is 510. The first-order chi connectivity index (χ1) is 8.24. The van der Waals surface area contributed by atoms with Gasteiger partial charge in [-0.3, -0.25) is 0 Å². The van der Waals surface area contributed by atoms with Crippen LogP contribution in [0.3, 0.4) is 0 Å². The molecule has 1 N–H and O–H groups in total. The van der Waals surface area contributed by atoms with Crippen molar-refractivity contribution in [1.29, 1.82) is 0 Å². The first-order valence-electron chi connectivity index (χ1n) is 4.76. The average Bonchev–Trinajstić information content (AvgIpc) is 2.34. The van der Waals surface area contributed by atoms with Crippen molar-refractivity contribution in [3.63, 3.8) is 0 Å². The molecule has 17 heavy (non-hydrogen) atoms. The lowest BCUT2D eigenvalue weighted by Crippen LogP contribution is -1.95. The number of hydrogen-bond acceptors (Lipinski definition) is 4. The summed E-state index contributed by atoms with van der Waals surface area (Å²) in [6.07, 6.45) is 4.79. The Morgan fingerprint density at radius 2 is 1.82 bits per heavy atom. The molecule has 2 aromatic rings. The van der Waals surface area contributed by atoms with Crippen LogP contribution in [0, 0.1) is 5.82 Å². The van der Waals surface area contributed by atoms with E-state index in [9.17, 15) is 4.39 Å². The lowest BCUT2D eigenvalue weighted by atomic mass is 10.2. The molecular formula is C11H8BrFN4. The van der Waals surface area contributed by atoms with Crippen LogP contribution in [0.4, 0.5) is 10.3 Å². The van der Waals surface area contributed by atoms with Crippen LogP contribution in [0.2, 0.25) is 0 Å². The average molecular weight is 295 g/mol. The summed E-state index contributed by atoms with van der Waals surface area (Å²) in [7, 11) is 0. The maximum Gasteiger partial charge on any atom is 0.243 e. The third-order valence-electron chi connectivity index (χ3n) is 1.87. The SMILES string of the molecule is Fc1ccc(/C=N\Nc2ncc(Br)cn2)cc1.